The van der Waals surface area contributed by atoms with E-state index in [4.69, 9.17) is 16.0 Å². The van der Waals surface area contributed by atoms with Crippen molar-refractivity contribution in [3.63, 3.8) is 0 Å². The topological polar surface area (TPSA) is 88.6 Å². The Morgan fingerprint density at radius 2 is 1.90 bits per heavy atom. The summed E-state index contributed by atoms with van der Waals surface area (Å²) in [5.74, 6) is 0.427. The number of halogens is 1. The SMILES string of the molecule is O=C(/C=C/c1ccc(-c2ccccc2[N+](=O)[O-])o1)Nc1ccc(N2CCCC2)c(Cl)c1. The molecule has 2 aromatic carbocycles. The minimum Gasteiger partial charge on any atom is -0.456 e. The zero-order chi connectivity index (χ0) is 21.8. The molecule has 0 aliphatic carbocycles. The maximum Gasteiger partial charge on any atom is 0.280 e. The first kappa shape index (κ1) is 20.7. The Bertz CT molecular complexity index is 1150. The fraction of sp³-hybridized carbons (Fsp3) is 0.174. The number of carbonyl (C=O) groups is 1. The summed E-state index contributed by atoms with van der Waals surface area (Å²) in [4.78, 5) is 25.2. The number of para-hydroxylation sites is 1. The molecule has 1 amide bonds. The standard InChI is InChI=1S/C23H20ClN3O4/c24-19-15-16(7-10-21(19)26-13-3-4-14-26)25-23(28)12-9-17-8-11-22(31-17)18-5-1-2-6-20(18)27(29)30/h1-2,5-12,15H,3-4,13-14H2,(H,25,28)/b12-9+. The summed E-state index contributed by atoms with van der Waals surface area (Å²) in [7, 11) is 0. The van der Waals surface area contributed by atoms with E-state index in [0.717, 1.165) is 31.6 Å². The average molecular weight is 438 g/mol. The highest BCUT2D eigenvalue weighted by Gasteiger charge is 2.17. The molecule has 7 nitrogen and oxygen atoms in total. The number of rotatable bonds is 6. The number of amides is 1. The van der Waals surface area contributed by atoms with Crippen molar-refractivity contribution in [2.75, 3.05) is 23.3 Å². The summed E-state index contributed by atoms with van der Waals surface area (Å²) < 4.78 is 5.66. The van der Waals surface area contributed by atoms with Gasteiger partial charge in [-0.15, -0.1) is 0 Å². The van der Waals surface area contributed by atoms with E-state index in [1.165, 1.54) is 18.2 Å². The number of carbonyl (C=O) groups excluding carboxylic acids is 1. The highest BCUT2D eigenvalue weighted by Crippen LogP contribution is 2.32. The second kappa shape index (κ2) is 9.06. The molecule has 0 unspecified atom stereocenters. The highest BCUT2D eigenvalue weighted by molar-refractivity contribution is 6.33. The Morgan fingerprint density at radius 3 is 2.65 bits per heavy atom. The van der Waals surface area contributed by atoms with Gasteiger partial charge in [0.15, 0.2) is 0 Å². The van der Waals surface area contributed by atoms with E-state index in [0.29, 0.717) is 27.8 Å². The van der Waals surface area contributed by atoms with Crippen molar-refractivity contribution >= 4 is 40.6 Å². The van der Waals surface area contributed by atoms with E-state index in [1.54, 1.807) is 36.4 Å². The number of furan rings is 1. The Kier molecular flexibility index (Phi) is 6.04. The van der Waals surface area contributed by atoms with Crippen LogP contribution < -0.4 is 10.2 Å². The molecule has 4 rings (SSSR count). The zero-order valence-electron chi connectivity index (χ0n) is 16.6. The van der Waals surface area contributed by atoms with Crippen LogP contribution in [0.25, 0.3) is 17.4 Å². The molecule has 0 bridgehead atoms. The van der Waals surface area contributed by atoms with Gasteiger partial charge in [-0.3, -0.25) is 14.9 Å². The maximum atomic E-state index is 12.3. The van der Waals surface area contributed by atoms with E-state index in [9.17, 15) is 14.9 Å². The molecule has 0 atom stereocenters. The van der Waals surface area contributed by atoms with E-state index in [1.807, 2.05) is 12.1 Å². The Labute approximate surface area is 184 Å². The van der Waals surface area contributed by atoms with Crippen LogP contribution in [0.3, 0.4) is 0 Å². The van der Waals surface area contributed by atoms with Crippen LogP contribution in [0.15, 0.2) is 65.1 Å². The van der Waals surface area contributed by atoms with E-state index in [-0.39, 0.29) is 11.6 Å². The first-order chi connectivity index (χ1) is 15.0. The first-order valence-corrected chi connectivity index (χ1v) is 10.3. The highest BCUT2D eigenvalue weighted by atomic mass is 35.5. The van der Waals surface area contributed by atoms with Gasteiger partial charge < -0.3 is 14.6 Å². The lowest BCUT2D eigenvalue weighted by Crippen LogP contribution is -2.18. The third-order valence-corrected chi connectivity index (χ3v) is 5.36. The predicted molar refractivity (Wildman–Crippen MR) is 121 cm³/mol. The number of hydrogen-bond acceptors (Lipinski definition) is 5. The van der Waals surface area contributed by atoms with Crippen molar-refractivity contribution in [2.45, 2.75) is 12.8 Å². The van der Waals surface area contributed by atoms with Crippen molar-refractivity contribution in [3.05, 3.63) is 81.6 Å². The van der Waals surface area contributed by atoms with Crippen LogP contribution in [0.1, 0.15) is 18.6 Å². The molecule has 3 aromatic rings. The zero-order valence-corrected chi connectivity index (χ0v) is 17.3. The number of nitrogens with one attached hydrogen (secondary N) is 1. The Balaban J connectivity index is 1.42. The van der Waals surface area contributed by atoms with Crippen LogP contribution in [-0.2, 0) is 4.79 Å². The van der Waals surface area contributed by atoms with Crippen LogP contribution in [-0.4, -0.2) is 23.9 Å². The second-order valence-corrected chi connectivity index (χ2v) is 7.57. The van der Waals surface area contributed by atoms with Crippen molar-refractivity contribution in [1.82, 2.24) is 0 Å². The van der Waals surface area contributed by atoms with Gasteiger partial charge in [0, 0.05) is 30.9 Å². The minimum absolute atomic E-state index is 0.0422. The predicted octanol–water partition coefficient (Wildman–Crippen LogP) is 5.76. The molecular formula is C23H20ClN3O4. The molecule has 1 fully saturated rings. The summed E-state index contributed by atoms with van der Waals surface area (Å²) in [6, 6.07) is 15.1. The summed E-state index contributed by atoms with van der Waals surface area (Å²) >= 11 is 6.39. The molecule has 0 radical (unpaired) electrons. The molecule has 1 aliphatic rings. The average Bonchev–Trinajstić information content (AvgIpc) is 3.45. The smallest absolute Gasteiger partial charge is 0.280 e. The van der Waals surface area contributed by atoms with Crippen LogP contribution in [0.5, 0.6) is 0 Å². The van der Waals surface area contributed by atoms with Gasteiger partial charge in [-0.25, -0.2) is 0 Å². The number of anilines is 2. The third kappa shape index (κ3) is 4.78. The number of nitro groups is 1. The summed E-state index contributed by atoms with van der Waals surface area (Å²) in [6.07, 6.45) is 5.16. The minimum atomic E-state index is -0.457. The molecule has 0 saturated carbocycles. The lowest BCUT2D eigenvalue weighted by Gasteiger charge is -2.19. The van der Waals surface area contributed by atoms with E-state index >= 15 is 0 Å². The number of benzene rings is 2. The molecule has 2 heterocycles. The largest absolute Gasteiger partial charge is 0.456 e. The van der Waals surface area contributed by atoms with Gasteiger partial charge in [-0.05, 0) is 55.3 Å². The molecule has 1 aromatic heterocycles. The van der Waals surface area contributed by atoms with Crippen LogP contribution in [0, 0.1) is 10.1 Å². The van der Waals surface area contributed by atoms with Gasteiger partial charge in [0.1, 0.15) is 11.5 Å². The van der Waals surface area contributed by atoms with Gasteiger partial charge in [0.2, 0.25) is 5.91 Å². The summed E-state index contributed by atoms with van der Waals surface area (Å²) in [5, 5.41) is 14.6. The third-order valence-electron chi connectivity index (χ3n) is 5.05. The van der Waals surface area contributed by atoms with Crippen molar-refractivity contribution in [2.24, 2.45) is 0 Å². The Hall–Kier alpha value is -3.58. The second-order valence-electron chi connectivity index (χ2n) is 7.16. The maximum absolute atomic E-state index is 12.3. The van der Waals surface area contributed by atoms with Gasteiger partial charge >= 0.3 is 0 Å². The van der Waals surface area contributed by atoms with Gasteiger partial charge in [-0.1, -0.05) is 23.7 Å². The number of hydrogen-bond donors (Lipinski definition) is 1. The number of nitrogens with zero attached hydrogens (tertiary/aromatic N) is 2. The number of nitro benzene ring substituents is 1. The lowest BCUT2D eigenvalue weighted by molar-refractivity contribution is -0.384. The molecule has 1 aliphatic heterocycles. The van der Waals surface area contributed by atoms with Crippen LogP contribution in [0.2, 0.25) is 5.02 Å². The first-order valence-electron chi connectivity index (χ1n) is 9.88. The molecule has 0 spiro atoms. The lowest BCUT2D eigenvalue weighted by atomic mass is 10.1. The fourth-order valence-corrected chi connectivity index (χ4v) is 3.87. The van der Waals surface area contributed by atoms with E-state index < -0.39 is 4.92 Å². The van der Waals surface area contributed by atoms with Crippen molar-refractivity contribution < 1.29 is 14.1 Å². The van der Waals surface area contributed by atoms with Crippen LogP contribution in [0.4, 0.5) is 17.1 Å². The van der Waals surface area contributed by atoms with Crippen molar-refractivity contribution in [3.8, 4) is 11.3 Å². The monoisotopic (exact) mass is 437 g/mol. The molecular weight excluding hydrogens is 418 g/mol. The summed E-state index contributed by atoms with van der Waals surface area (Å²) in [6.45, 7) is 1.98. The van der Waals surface area contributed by atoms with Crippen molar-refractivity contribution in [1.29, 1.82) is 0 Å². The van der Waals surface area contributed by atoms with Crippen LogP contribution >= 0.6 is 11.6 Å². The molecule has 31 heavy (non-hydrogen) atoms. The van der Waals surface area contributed by atoms with Gasteiger partial charge in [0.25, 0.3) is 5.69 Å². The molecule has 158 valence electrons. The van der Waals surface area contributed by atoms with Gasteiger partial charge in [-0.2, -0.15) is 0 Å². The fourth-order valence-electron chi connectivity index (χ4n) is 3.57. The normalized spacial score (nSPS) is 13.6. The van der Waals surface area contributed by atoms with Gasteiger partial charge in [0.05, 0.1) is 21.2 Å². The molecule has 1 saturated heterocycles. The van der Waals surface area contributed by atoms with E-state index in [2.05, 4.69) is 10.2 Å². The molecule has 1 N–H and O–H groups in total. The summed E-state index contributed by atoms with van der Waals surface area (Å²) in [5.41, 5.74) is 1.91. The Morgan fingerprint density at radius 1 is 1.13 bits per heavy atom. The molecule has 8 heteroatoms. The quantitative estimate of drug-likeness (QED) is 0.301.